The van der Waals surface area contributed by atoms with E-state index in [9.17, 15) is 4.79 Å². The summed E-state index contributed by atoms with van der Waals surface area (Å²) in [7, 11) is 0. The maximum atomic E-state index is 12.1. The van der Waals surface area contributed by atoms with E-state index in [4.69, 9.17) is 0 Å². The first-order valence-corrected chi connectivity index (χ1v) is 6.02. The summed E-state index contributed by atoms with van der Waals surface area (Å²) in [5.41, 5.74) is 3.83. The molecule has 1 amide bonds. The molecule has 4 heteroatoms. The van der Waals surface area contributed by atoms with E-state index in [1.165, 1.54) is 0 Å². The van der Waals surface area contributed by atoms with Crippen molar-refractivity contribution in [3.05, 3.63) is 46.6 Å². The van der Waals surface area contributed by atoms with Crippen LogP contribution < -0.4 is 5.32 Å². The topological polar surface area (TPSA) is 57.8 Å². The number of nitrogens with zero attached hydrogens (tertiary/aromatic N) is 1. The summed E-state index contributed by atoms with van der Waals surface area (Å²) >= 11 is 0. The number of rotatable bonds is 3. The van der Waals surface area contributed by atoms with Crippen LogP contribution in [0.3, 0.4) is 0 Å². The van der Waals surface area contributed by atoms with E-state index in [1.54, 1.807) is 0 Å². The van der Waals surface area contributed by atoms with E-state index >= 15 is 0 Å². The highest BCUT2D eigenvalue weighted by atomic mass is 16.1. The fourth-order valence-electron chi connectivity index (χ4n) is 1.90. The highest BCUT2D eigenvalue weighted by Crippen LogP contribution is 2.12. The molecule has 1 aromatic carbocycles. The minimum Gasteiger partial charge on any atom is -0.305 e. The van der Waals surface area contributed by atoms with Crippen molar-refractivity contribution in [2.45, 2.75) is 27.2 Å². The third-order valence-corrected chi connectivity index (χ3v) is 2.74. The van der Waals surface area contributed by atoms with Gasteiger partial charge in [-0.3, -0.25) is 9.89 Å². The fourth-order valence-corrected chi connectivity index (χ4v) is 1.90. The van der Waals surface area contributed by atoms with Crippen molar-refractivity contribution in [2.24, 2.45) is 0 Å². The van der Waals surface area contributed by atoms with E-state index in [1.807, 2.05) is 45.0 Å². The van der Waals surface area contributed by atoms with Gasteiger partial charge in [-0.25, -0.2) is 0 Å². The number of amides is 1. The Hall–Kier alpha value is -2.10. The van der Waals surface area contributed by atoms with Gasteiger partial charge in [0.2, 0.25) is 0 Å². The van der Waals surface area contributed by atoms with Gasteiger partial charge in [0.25, 0.3) is 5.91 Å². The molecule has 0 unspecified atom stereocenters. The lowest BCUT2D eigenvalue weighted by atomic mass is 10.1. The molecule has 0 aliphatic heterocycles. The molecule has 0 saturated carbocycles. The second kappa shape index (κ2) is 5.04. The number of hydrogen-bond donors (Lipinski definition) is 2. The van der Waals surface area contributed by atoms with Gasteiger partial charge in [0, 0.05) is 17.3 Å². The van der Waals surface area contributed by atoms with Crippen LogP contribution in [0.15, 0.2) is 24.3 Å². The molecular weight excluding hydrogens is 226 g/mol. The number of anilines is 1. The average molecular weight is 243 g/mol. The minimum atomic E-state index is -0.129. The molecule has 0 aliphatic rings. The van der Waals surface area contributed by atoms with Crippen LogP contribution in [-0.2, 0) is 6.42 Å². The third-order valence-electron chi connectivity index (χ3n) is 2.74. The molecule has 0 aliphatic carbocycles. The van der Waals surface area contributed by atoms with Crippen molar-refractivity contribution in [2.75, 3.05) is 5.32 Å². The van der Waals surface area contributed by atoms with Crippen molar-refractivity contribution in [1.29, 1.82) is 0 Å². The molecule has 0 radical (unpaired) electrons. The first-order chi connectivity index (χ1) is 8.58. The first-order valence-electron chi connectivity index (χ1n) is 6.02. The molecule has 0 fully saturated rings. The van der Waals surface area contributed by atoms with Crippen LogP contribution in [0, 0.1) is 13.8 Å². The maximum absolute atomic E-state index is 12.1. The highest BCUT2D eigenvalue weighted by Gasteiger charge is 2.09. The van der Waals surface area contributed by atoms with Crippen LogP contribution in [0.4, 0.5) is 5.82 Å². The SMILES string of the molecule is CCc1cc(NC(=O)c2cc(C)cc(C)c2)n[nH]1. The lowest BCUT2D eigenvalue weighted by Gasteiger charge is -2.04. The number of H-pyrrole nitrogens is 1. The zero-order chi connectivity index (χ0) is 13.1. The van der Waals surface area contributed by atoms with Crippen LogP contribution in [0.5, 0.6) is 0 Å². The van der Waals surface area contributed by atoms with Gasteiger partial charge in [-0.05, 0) is 32.4 Å². The summed E-state index contributed by atoms with van der Waals surface area (Å²) in [6.07, 6.45) is 0.867. The van der Waals surface area contributed by atoms with Crippen molar-refractivity contribution >= 4 is 11.7 Å². The maximum Gasteiger partial charge on any atom is 0.256 e. The van der Waals surface area contributed by atoms with Crippen LogP contribution in [-0.4, -0.2) is 16.1 Å². The van der Waals surface area contributed by atoms with Gasteiger partial charge in [0.1, 0.15) is 0 Å². The molecule has 1 heterocycles. The highest BCUT2D eigenvalue weighted by molar-refractivity contribution is 6.04. The van der Waals surface area contributed by atoms with Gasteiger partial charge in [-0.2, -0.15) is 5.10 Å². The van der Waals surface area contributed by atoms with Gasteiger partial charge in [-0.1, -0.05) is 24.1 Å². The number of benzene rings is 1. The minimum absolute atomic E-state index is 0.129. The Labute approximate surface area is 106 Å². The second-order valence-corrected chi connectivity index (χ2v) is 4.46. The molecule has 2 N–H and O–H groups in total. The summed E-state index contributed by atoms with van der Waals surface area (Å²) in [5.74, 6) is 0.437. The Morgan fingerprint density at radius 1 is 1.22 bits per heavy atom. The quantitative estimate of drug-likeness (QED) is 0.870. The van der Waals surface area contributed by atoms with E-state index in [2.05, 4.69) is 15.5 Å². The van der Waals surface area contributed by atoms with Crippen LogP contribution in [0.25, 0.3) is 0 Å². The number of carbonyl (C=O) groups is 1. The Morgan fingerprint density at radius 2 is 1.89 bits per heavy atom. The molecule has 94 valence electrons. The number of hydrogen-bond acceptors (Lipinski definition) is 2. The van der Waals surface area contributed by atoms with Gasteiger partial charge in [-0.15, -0.1) is 0 Å². The van der Waals surface area contributed by atoms with Crippen molar-refractivity contribution in [3.8, 4) is 0 Å². The molecule has 1 aromatic heterocycles. The summed E-state index contributed by atoms with van der Waals surface area (Å²) in [6.45, 7) is 5.99. The van der Waals surface area contributed by atoms with Crippen LogP contribution in [0.1, 0.15) is 34.1 Å². The number of aromatic nitrogens is 2. The molecule has 0 atom stereocenters. The van der Waals surface area contributed by atoms with E-state index in [-0.39, 0.29) is 5.91 Å². The zero-order valence-electron chi connectivity index (χ0n) is 10.9. The second-order valence-electron chi connectivity index (χ2n) is 4.46. The Balaban J connectivity index is 2.16. The summed E-state index contributed by atoms with van der Waals surface area (Å²) in [5, 5.41) is 9.70. The molecule has 2 aromatic rings. The zero-order valence-corrected chi connectivity index (χ0v) is 10.9. The van der Waals surface area contributed by atoms with Crippen molar-refractivity contribution < 1.29 is 4.79 Å². The van der Waals surface area contributed by atoms with E-state index in [0.29, 0.717) is 11.4 Å². The molecule has 0 saturated heterocycles. The number of carbonyl (C=O) groups excluding carboxylic acids is 1. The smallest absolute Gasteiger partial charge is 0.256 e. The third kappa shape index (κ3) is 2.77. The number of aromatic amines is 1. The molecule has 18 heavy (non-hydrogen) atoms. The molecule has 0 bridgehead atoms. The van der Waals surface area contributed by atoms with E-state index in [0.717, 1.165) is 23.2 Å². The predicted octanol–water partition coefficient (Wildman–Crippen LogP) is 2.84. The van der Waals surface area contributed by atoms with Crippen LogP contribution >= 0.6 is 0 Å². The Kier molecular flexibility index (Phi) is 3.46. The molecular formula is C14H17N3O. The molecule has 4 nitrogen and oxygen atoms in total. The molecule has 2 rings (SSSR count). The fraction of sp³-hybridized carbons (Fsp3) is 0.286. The predicted molar refractivity (Wildman–Crippen MR) is 71.8 cm³/mol. The Morgan fingerprint density at radius 3 is 2.44 bits per heavy atom. The van der Waals surface area contributed by atoms with Crippen molar-refractivity contribution in [3.63, 3.8) is 0 Å². The lowest BCUT2D eigenvalue weighted by Crippen LogP contribution is -2.12. The summed E-state index contributed by atoms with van der Waals surface area (Å²) in [4.78, 5) is 12.1. The van der Waals surface area contributed by atoms with Crippen molar-refractivity contribution in [1.82, 2.24) is 10.2 Å². The largest absolute Gasteiger partial charge is 0.305 e. The van der Waals surface area contributed by atoms with Gasteiger partial charge in [0.15, 0.2) is 5.82 Å². The number of aryl methyl sites for hydroxylation is 3. The standard InChI is InChI=1S/C14H17N3O/c1-4-12-8-13(17-16-12)15-14(18)11-6-9(2)5-10(3)7-11/h5-8H,4H2,1-3H3,(H2,15,16,17,18). The van der Waals surface area contributed by atoms with E-state index < -0.39 is 0 Å². The molecule has 0 spiro atoms. The number of nitrogens with one attached hydrogen (secondary N) is 2. The average Bonchev–Trinajstić information content (AvgIpc) is 2.75. The lowest BCUT2D eigenvalue weighted by molar-refractivity contribution is 0.102. The Bertz CT molecular complexity index is 552. The van der Waals surface area contributed by atoms with Crippen LogP contribution in [0.2, 0.25) is 0 Å². The normalized spacial score (nSPS) is 10.4. The summed E-state index contributed by atoms with van der Waals surface area (Å²) < 4.78 is 0. The van der Waals surface area contributed by atoms with Gasteiger partial charge >= 0.3 is 0 Å². The van der Waals surface area contributed by atoms with Gasteiger partial charge in [0.05, 0.1) is 0 Å². The monoisotopic (exact) mass is 243 g/mol. The van der Waals surface area contributed by atoms with Gasteiger partial charge < -0.3 is 5.32 Å². The summed E-state index contributed by atoms with van der Waals surface area (Å²) in [6, 6.07) is 7.63. The first kappa shape index (κ1) is 12.4.